The molecule has 0 spiro atoms. The van der Waals surface area contributed by atoms with E-state index in [9.17, 15) is 4.79 Å². The fraction of sp³-hybridized carbons (Fsp3) is 0.424. The van der Waals surface area contributed by atoms with Gasteiger partial charge in [0.15, 0.2) is 5.65 Å². The summed E-state index contributed by atoms with van der Waals surface area (Å²) in [4.78, 5) is 19.4. The average molecular weight is 557 g/mol. The van der Waals surface area contributed by atoms with Gasteiger partial charge in [-0.1, -0.05) is 60.7 Å². The molecule has 3 heterocycles. The number of hydrogen-bond acceptors (Lipinski definition) is 7. The summed E-state index contributed by atoms with van der Waals surface area (Å²) in [5.74, 6) is 0.234. The molecule has 0 saturated carbocycles. The monoisotopic (exact) mass is 556 g/mol. The first kappa shape index (κ1) is 28.8. The number of nitrogens with zero attached hydrogens (tertiary/aromatic N) is 4. The first-order valence-corrected chi connectivity index (χ1v) is 14.6. The van der Waals surface area contributed by atoms with Crippen LogP contribution in [0.4, 0.5) is 0 Å². The number of ether oxygens (including phenoxy) is 3. The van der Waals surface area contributed by atoms with Crippen molar-refractivity contribution in [3.05, 3.63) is 95.8 Å². The first-order valence-electron chi connectivity index (χ1n) is 14.6. The van der Waals surface area contributed by atoms with Crippen LogP contribution in [0.25, 0.3) is 5.65 Å². The summed E-state index contributed by atoms with van der Waals surface area (Å²) in [5, 5.41) is 4.54. The minimum absolute atomic E-state index is 0.0463. The lowest BCUT2D eigenvalue weighted by molar-refractivity contribution is -0.148. The molecule has 2 aromatic heterocycles. The Morgan fingerprint density at radius 2 is 1.63 bits per heavy atom. The third-order valence-corrected chi connectivity index (χ3v) is 7.66. The second kappa shape index (κ2) is 13.3. The highest BCUT2D eigenvalue weighted by Crippen LogP contribution is 2.30. The van der Waals surface area contributed by atoms with Crippen molar-refractivity contribution in [2.24, 2.45) is 0 Å². The van der Waals surface area contributed by atoms with E-state index in [1.54, 1.807) is 17.6 Å². The average Bonchev–Trinajstić information content (AvgIpc) is 3.44. The van der Waals surface area contributed by atoms with Gasteiger partial charge < -0.3 is 19.1 Å². The summed E-state index contributed by atoms with van der Waals surface area (Å²) in [6.45, 7) is 9.33. The highest BCUT2D eigenvalue weighted by molar-refractivity contribution is 5.81. The maximum Gasteiger partial charge on any atom is 0.317 e. The Morgan fingerprint density at radius 3 is 2.27 bits per heavy atom. The van der Waals surface area contributed by atoms with Crippen LogP contribution in [0.5, 0.6) is 5.88 Å². The molecule has 4 aromatic rings. The van der Waals surface area contributed by atoms with E-state index < -0.39 is 5.41 Å². The van der Waals surface area contributed by atoms with E-state index in [0.29, 0.717) is 30.4 Å². The lowest BCUT2D eigenvalue weighted by atomic mass is 9.90. The van der Waals surface area contributed by atoms with Gasteiger partial charge in [-0.25, -0.2) is 9.50 Å². The molecule has 8 heteroatoms. The van der Waals surface area contributed by atoms with Gasteiger partial charge in [0, 0.05) is 25.7 Å². The zero-order chi connectivity index (χ0) is 28.7. The van der Waals surface area contributed by atoms with Gasteiger partial charge in [-0.15, -0.1) is 5.10 Å². The van der Waals surface area contributed by atoms with Crippen molar-refractivity contribution >= 4 is 11.6 Å². The lowest BCUT2D eigenvalue weighted by Crippen LogP contribution is -2.38. The number of carbonyl (C=O) groups excluding carboxylic acids is 1. The molecule has 0 bridgehead atoms. The molecular formula is C33H40N4O4. The Morgan fingerprint density at radius 1 is 0.976 bits per heavy atom. The summed E-state index contributed by atoms with van der Waals surface area (Å²) < 4.78 is 19.5. The van der Waals surface area contributed by atoms with Crippen molar-refractivity contribution in [3.8, 4) is 5.88 Å². The number of imidazole rings is 1. The number of carbonyl (C=O) groups is 1. The molecule has 5 rings (SSSR count). The number of fused-ring (bicyclic) bond motifs is 1. The number of likely N-dealkylation sites (tertiary alicyclic amines) is 1. The van der Waals surface area contributed by atoms with Gasteiger partial charge in [0.05, 0.1) is 31.2 Å². The van der Waals surface area contributed by atoms with Gasteiger partial charge >= 0.3 is 5.97 Å². The Kier molecular flexibility index (Phi) is 9.31. The van der Waals surface area contributed by atoms with Crippen LogP contribution in [-0.2, 0) is 19.7 Å². The highest BCUT2D eigenvalue weighted by atomic mass is 16.5. The van der Waals surface area contributed by atoms with Gasteiger partial charge in [-0.3, -0.25) is 4.79 Å². The minimum atomic E-state index is -0.854. The van der Waals surface area contributed by atoms with Crippen molar-refractivity contribution in [3.63, 3.8) is 0 Å². The van der Waals surface area contributed by atoms with Crippen molar-refractivity contribution in [2.45, 2.75) is 57.7 Å². The largest absolute Gasteiger partial charge is 0.477 e. The maximum atomic E-state index is 12.4. The third kappa shape index (κ3) is 7.13. The zero-order valence-electron chi connectivity index (χ0n) is 24.2. The lowest BCUT2D eigenvalue weighted by Gasteiger charge is -2.34. The summed E-state index contributed by atoms with van der Waals surface area (Å²) in [5.41, 5.74) is 2.82. The molecule has 216 valence electrons. The van der Waals surface area contributed by atoms with Gasteiger partial charge in [0.1, 0.15) is 11.5 Å². The van der Waals surface area contributed by atoms with Crippen molar-refractivity contribution in [1.29, 1.82) is 0 Å². The molecule has 0 aliphatic carbocycles. The number of esters is 1. The number of hydrogen-bond donors (Lipinski definition) is 0. The van der Waals surface area contributed by atoms with Crippen LogP contribution >= 0.6 is 0 Å². The molecule has 0 amide bonds. The summed E-state index contributed by atoms with van der Waals surface area (Å²) >= 11 is 0. The Hall–Kier alpha value is -3.75. The van der Waals surface area contributed by atoms with Gasteiger partial charge in [0.2, 0.25) is 5.88 Å². The predicted octanol–water partition coefficient (Wildman–Crippen LogP) is 5.61. The molecule has 1 fully saturated rings. The van der Waals surface area contributed by atoms with E-state index in [1.807, 2.05) is 38.1 Å². The first-order chi connectivity index (χ1) is 19.9. The zero-order valence-corrected chi connectivity index (χ0v) is 24.2. The van der Waals surface area contributed by atoms with Gasteiger partial charge in [0.25, 0.3) is 0 Å². The molecular weight excluding hydrogens is 516 g/mol. The number of rotatable bonds is 12. The molecule has 1 aliphatic heterocycles. The molecule has 0 unspecified atom stereocenters. The molecule has 0 N–H and O–H groups in total. The molecule has 0 atom stereocenters. The van der Waals surface area contributed by atoms with E-state index in [2.05, 4.69) is 63.5 Å². The maximum absolute atomic E-state index is 12.4. The van der Waals surface area contributed by atoms with Crippen LogP contribution in [0.15, 0.2) is 79.0 Å². The van der Waals surface area contributed by atoms with Crippen LogP contribution < -0.4 is 4.74 Å². The number of benzene rings is 2. The fourth-order valence-electron chi connectivity index (χ4n) is 5.19. The summed E-state index contributed by atoms with van der Waals surface area (Å²) in [6.07, 6.45) is 4.90. The van der Waals surface area contributed by atoms with Crippen LogP contribution in [0, 0.1) is 0 Å². The number of piperidine rings is 1. The Bertz CT molecular complexity index is 1360. The van der Waals surface area contributed by atoms with E-state index in [0.717, 1.165) is 38.9 Å². The molecule has 8 nitrogen and oxygen atoms in total. The normalized spacial score (nSPS) is 14.9. The fourth-order valence-corrected chi connectivity index (χ4v) is 5.19. The minimum Gasteiger partial charge on any atom is -0.477 e. The van der Waals surface area contributed by atoms with Crippen LogP contribution in [0.1, 0.15) is 63.0 Å². The van der Waals surface area contributed by atoms with Gasteiger partial charge in [-0.2, -0.15) is 0 Å². The molecule has 2 aromatic carbocycles. The smallest absolute Gasteiger partial charge is 0.317 e. The van der Waals surface area contributed by atoms with E-state index in [1.165, 1.54) is 11.1 Å². The van der Waals surface area contributed by atoms with Crippen LogP contribution in [0.3, 0.4) is 0 Å². The number of aromatic nitrogens is 3. The summed E-state index contributed by atoms with van der Waals surface area (Å²) in [6, 6.07) is 24.7. The topological polar surface area (TPSA) is 78.2 Å². The summed E-state index contributed by atoms with van der Waals surface area (Å²) in [7, 11) is 0. The molecule has 1 saturated heterocycles. The second-order valence-corrected chi connectivity index (χ2v) is 11.0. The van der Waals surface area contributed by atoms with Gasteiger partial charge in [-0.05, 0) is 57.2 Å². The van der Waals surface area contributed by atoms with Crippen LogP contribution in [-0.4, -0.2) is 64.4 Å². The van der Waals surface area contributed by atoms with E-state index in [-0.39, 0.29) is 18.2 Å². The third-order valence-electron chi connectivity index (χ3n) is 7.66. The predicted molar refractivity (Wildman–Crippen MR) is 158 cm³/mol. The second-order valence-electron chi connectivity index (χ2n) is 11.0. The van der Waals surface area contributed by atoms with Crippen molar-refractivity contribution in [1.82, 2.24) is 19.5 Å². The van der Waals surface area contributed by atoms with Crippen molar-refractivity contribution < 1.29 is 19.0 Å². The Balaban J connectivity index is 1.08. The van der Waals surface area contributed by atoms with Crippen LogP contribution in [0.2, 0.25) is 0 Å². The highest BCUT2D eigenvalue weighted by Gasteiger charge is 2.34. The standard InChI is InChI=1S/C33H40N4O4/c1-4-39-32(38)33(2,3)28-24-37-29(34-28)16-17-30(35-37)40-23-11-20-36-21-18-27(19-22-36)41-31(25-12-7-5-8-13-25)26-14-9-6-10-15-26/h5-10,12-17,24,27,31H,4,11,18-23H2,1-3H3. The van der Waals surface area contributed by atoms with E-state index >= 15 is 0 Å². The quantitative estimate of drug-likeness (QED) is 0.166. The molecule has 41 heavy (non-hydrogen) atoms. The van der Waals surface area contributed by atoms with E-state index in [4.69, 9.17) is 14.2 Å². The molecule has 1 aliphatic rings. The SMILES string of the molecule is CCOC(=O)C(C)(C)c1cn2nc(OCCCN3CCC(OC(c4ccccc4)c4ccccc4)CC3)ccc2n1. The molecule has 0 radical (unpaired) electrons. The van der Waals surface area contributed by atoms with Crippen molar-refractivity contribution in [2.75, 3.05) is 32.8 Å². The Labute approximate surface area is 242 Å².